The molecule has 0 aromatic heterocycles. The third-order valence-electron chi connectivity index (χ3n) is 5.61. The summed E-state index contributed by atoms with van der Waals surface area (Å²) in [4.78, 5) is 23.8. The molecular formula is C20H27F2NO3. The molecule has 4 nitrogen and oxygen atoms in total. The molecule has 0 atom stereocenters. The summed E-state index contributed by atoms with van der Waals surface area (Å²) in [7, 11) is 0. The number of hydrogen-bond donors (Lipinski definition) is 1. The van der Waals surface area contributed by atoms with E-state index in [1.54, 1.807) is 0 Å². The molecule has 0 heterocycles. The van der Waals surface area contributed by atoms with Gasteiger partial charge in [-0.05, 0) is 49.1 Å². The number of halogens is 2. The zero-order valence-corrected chi connectivity index (χ0v) is 15.6. The van der Waals surface area contributed by atoms with Crippen molar-refractivity contribution in [1.29, 1.82) is 0 Å². The lowest BCUT2D eigenvalue weighted by atomic mass is 9.69. The third-order valence-corrected chi connectivity index (χ3v) is 5.61. The van der Waals surface area contributed by atoms with Crippen molar-refractivity contribution in [1.82, 2.24) is 5.32 Å². The van der Waals surface area contributed by atoms with Crippen LogP contribution >= 0.6 is 0 Å². The van der Waals surface area contributed by atoms with Crippen molar-refractivity contribution >= 4 is 11.9 Å². The van der Waals surface area contributed by atoms with Crippen molar-refractivity contribution in [2.45, 2.75) is 58.9 Å². The number of esters is 1. The zero-order valence-electron chi connectivity index (χ0n) is 15.6. The molecule has 144 valence electrons. The van der Waals surface area contributed by atoms with Gasteiger partial charge in [-0.3, -0.25) is 4.79 Å². The Bertz CT molecular complexity index is 632. The molecule has 26 heavy (non-hydrogen) atoms. The highest BCUT2D eigenvalue weighted by molar-refractivity contribution is 5.91. The van der Waals surface area contributed by atoms with Gasteiger partial charge in [0.25, 0.3) is 5.91 Å². The molecule has 0 unspecified atom stereocenters. The fourth-order valence-electron chi connectivity index (χ4n) is 3.47. The van der Waals surface area contributed by atoms with Crippen LogP contribution in [0.1, 0.15) is 63.2 Å². The molecular weight excluding hydrogens is 340 g/mol. The molecule has 1 N–H and O–H groups in total. The van der Waals surface area contributed by atoms with Crippen LogP contribution in [-0.2, 0) is 9.53 Å². The molecule has 0 aliphatic heterocycles. The molecule has 0 bridgehead atoms. The van der Waals surface area contributed by atoms with Crippen molar-refractivity contribution in [3.8, 4) is 0 Å². The van der Waals surface area contributed by atoms with Crippen LogP contribution in [0.25, 0.3) is 0 Å². The van der Waals surface area contributed by atoms with Crippen molar-refractivity contribution in [3.05, 3.63) is 35.4 Å². The summed E-state index contributed by atoms with van der Waals surface area (Å²) >= 11 is 0. The highest BCUT2D eigenvalue weighted by atomic mass is 19.1. The van der Waals surface area contributed by atoms with Crippen molar-refractivity contribution in [2.24, 2.45) is 11.3 Å². The van der Waals surface area contributed by atoms with Gasteiger partial charge in [0.1, 0.15) is 17.2 Å². The van der Waals surface area contributed by atoms with Gasteiger partial charge in [0, 0.05) is 6.04 Å². The van der Waals surface area contributed by atoms with Gasteiger partial charge in [-0.1, -0.05) is 33.3 Å². The van der Waals surface area contributed by atoms with Crippen molar-refractivity contribution in [3.63, 3.8) is 0 Å². The topological polar surface area (TPSA) is 55.4 Å². The van der Waals surface area contributed by atoms with Crippen LogP contribution in [0.2, 0.25) is 0 Å². The molecule has 0 radical (unpaired) electrons. The van der Waals surface area contributed by atoms with E-state index in [2.05, 4.69) is 26.1 Å². The molecule has 0 spiro atoms. The predicted octanol–water partition coefficient (Wildman–Crippen LogP) is 4.23. The maximum absolute atomic E-state index is 13.5. The third kappa shape index (κ3) is 5.02. The quantitative estimate of drug-likeness (QED) is 0.766. The Labute approximate surface area is 153 Å². The second-order valence-electron chi connectivity index (χ2n) is 7.63. The average molecular weight is 367 g/mol. The molecule has 0 saturated heterocycles. The number of benzene rings is 1. The van der Waals surface area contributed by atoms with Gasteiger partial charge >= 0.3 is 5.97 Å². The SMILES string of the molecule is CCC(C)(C)C1CCC(NC(=O)COC(=O)c2c(F)cccc2F)CC1. The summed E-state index contributed by atoms with van der Waals surface area (Å²) in [5.41, 5.74) is -0.475. The summed E-state index contributed by atoms with van der Waals surface area (Å²) in [5.74, 6) is -3.00. The van der Waals surface area contributed by atoms with E-state index in [0.29, 0.717) is 11.3 Å². The minimum atomic E-state index is -1.18. The highest BCUT2D eigenvalue weighted by Gasteiger charge is 2.32. The Hall–Kier alpha value is -1.98. The van der Waals surface area contributed by atoms with Crippen LogP contribution in [0.4, 0.5) is 8.78 Å². The number of rotatable bonds is 6. The van der Waals surface area contributed by atoms with E-state index in [0.717, 1.165) is 50.3 Å². The normalized spacial score (nSPS) is 20.5. The summed E-state index contributed by atoms with van der Waals surface area (Å²) < 4.78 is 31.8. The fourth-order valence-corrected chi connectivity index (χ4v) is 3.47. The van der Waals surface area contributed by atoms with Crippen molar-refractivity contribution < 1.29 is 23.1 Å². The van der Waals surface area contributed by atoms with Gasteiger partial charge in [0.15, 0.2) is 6.61 Å². The Morgan fingerprint density at radius 2 is 1.73 bits per heavy atom. The molecule has 1 amide bonds. The second kappa shape index (κ2) is 8.60. The van der Waals surface area contributed by atoms with Crippen LogP contribution in [0.15, 0.2) is 18.2 Å². The monoisotopic (exact) mass is 367 g/mol. The molecule has 1 fully saturated rings. The first kappa shape index (κ1) is 20.3. The Morgan fingerprint density at radius 1 is 1.15 bits per heavy atom. The van der Waals surface area contributed by atoms with Crippen LogP contribution < -0.4 is 5.32 Å². The number of ether oxygens (including phenoxy) is 1. The maximum atomic E-state index is 13.5. The number of amides is 1. The molecule has 2 rings (SSSR count). The van der Waals surface area contributed by atoms with Gasteiger partial charge in [-0.15, -0.1) is 0 Å². The molecule has 1 aromatic rings. The average Bonchev–Trinajstić information content (AvgIpc) is 2.60. The summed E-state index contributed by atoms with van der Waals surface area (Å²) in [5, 5.41) is 2.84. The Morgan fingerprint density at radius 3 is 2.27 bits per heavy atom. The lowest BCUT2D eigenvalue weighted by Gasteiger charge is -2.39. The van der Waals surface area contributed by atoms with E-state index in [1.165, 1.54) is 0 Å². The maximum Gasteiger partial charge on any atom is 0.344 e. The van der Waals surface area contributed by atoms with E-state index in [9.17, 15) is 18.4 Å². The number of nitrogens with one attached hydrogen (secondary N) is 1. The highest BCUT2D eigenvalue weighted by Crippen LogP contribution is 2.40. The Kier molecular flexibility index (Phi) is 6.73. The molecule has 6 heteroatoms. The Balaban J connectivity index is 1.79. The standard InChI is InChI=1S/C20H27F2NO3/c1-4-20(2,3)13-8-10-14(11-9-13)23-17(24)12-26-19(25)18-15(21)6-5-7-16(18)22/h5-7,13-14H,4,8-12H2,1-3H3,(H,23,24). The van der Waals surface area contributed by atoms with Gasteiger partial charge in [-0.25, -0.2) is 13.6 Å². The minimum absolute atomic E-state index is 0.0512. The smallest absolute Gasteiger partial charge is 0.344 e. The number of carbonyl (C=O) groups is 2. The zero-order chi connectivity index (χ0) is 19.3. The van der Waals surface area contributed by atoms with Crippen LogP contribution in [0, 0.1) is 23.0 Å². The predicted molar refractivity (Wildman–Crippen MR) is 94.6 cm³/mol. The van der Waals surface area contributed by atoms with Gasteiger partial charge in [0.05, 0.1) is 0 Å². The molecule has 1 aliphatic rings. The first-order valence-corrected chi connectivity index (χ1v) is 9.15. The van der Waals surface area contributed by atoms with E-state index in [-0.39, 0.29) is 6.04 Å². The summed E-state index contributed by atoms with van der Waals surface area (Å²) in [6, 6.07) is 3.14. The number of hydrogen-bond acceptors (Lipinski definition) is 3. The second-order valence-corrected chi connectivity index (χ2v) is 7.63. The summed E-state index contributed by atoms with van der Waals surface area (Å²) in [6.45, 7) is 6.20. The van der Waals surface area contributed by atoms with Gasteiger partial charge in [-0.2, -0.15) is 0 Å². The van der Waals surface area contributed by atoms with E-state index < -0.39 is 35.7 Å². The van der Waals surface area contributed by atoms with Gasteiger partial charge in [0.2, 0.25) is 0 Å². The van der Waals surface area contributed by atoms with Crippen molar-refractivity contribution in [2.75, 3.05) is 6.61 Å². The first-order valence-electron chi connectivity index (χ1n) is 9.15. The van der Waals surface area contributed by atoms with Crippen LogP contribution in [0.3, 0.4) is 0 Å². The van der Waals surface area contributed by atoms with Crippen LogP contribution in [0.5, 0.6) is 0 Å². The molecule has 1 aliphatic carbocycles. The fraction of sp³-hybridized carbons (Fsp3) is 0.600. The molecule has 1 aromatic carbocycles. The molecule has 1 saturated carbocycles. The van der Waals surface area contributed by atoms with E-state index in [4.69, 9.17) is 4.74 Å². The lowest BCUT2D eigenvalue weighted by molar-refractivity contribution is -0.125. The van der Waals surface area contributed by atoms with E-state index in [1.807, 2.05) is 0 Å². The number of carbonyl (C=O) groups excluding carboxylic acids is 2. The van der Waals surface area contributed by atoms with E-state index >= 15 is 0 Å². The first-order chi connectivity index (χ1) is 12.2. The van der Waals surface area contributed by atoms with Gasteiger partial charge < -0.3 is 10.1 Å². The minimum Gasteiger partial charge on any atom is -0.452 e. The summed E-state index contributed by atoms with van der Waals surface area (Å²) in [6.07, 6.45) is 4.99. The van der Waals surface area contributed by atoms with Crippen LogP contribution in [-0.4, -0.2) is 24.5 Å². The largest absolute Gasteiger partial charge is 0.452 e. The lowest BCUT2D eigenvalue weighted by Crippen LogP contribution is -2.41.